The van der Waals surface area contributed by atoms with E-state index in [-0.39, 0.29) is 6.42 Å². The van der Waals surface area contributed by atoms with Gasteiger partial charge in [0.25, 0.3) is 0 Å². The van der Waals surface area contributed by atoms with Crippen molar-refractivity contribution in [3.63, 3.8) is 0 Å². The first-order valence-corrected chi connectivity index (χ1v) is 5.60. The van der Waals surface area contributed by atoms with E-state index < -0.39 is 18.2 Å². The molecule has 0 aromatic heterocycles. The lowest BCUT2D eigenvalue weighted by atomic mass is 9.99. The van der Waals surface area contributed by atoms with E-state index in [0.29, 0.717) is 5.56 Å². The van der Waals surface area contributed by atoms with E-state index in [4.69, 9.17) is 0 Å². The first-order valence-electron chi connectivity index (χ1n) is 5.60. The molecule has 0 heterocycles. The van der Waals surface area contributed by atoms with Gasteiger partial charge in [-0.3, -0.25) is 4.79 Å². The summed E-state index contributed by atoms with van der Waals surface area (Å²) in [6, 6.07) is 7.32. The van der Waals surface area contributed by atoms with E-state index in [1.54, 1.807) is 6.07 Å². The molecule has 4 heteroatoms. The number of hydrogen-bond donors (Lipinski definition) is 2. The van der Waals surface area contributed by atoms with Crippen molar-refractivity contribution in [2.24, 2.45) is 0 Å². The third-order valence-corrected chi connectivity index (χ3v) is 2.67. The van der Waals surface area contributed by atoms with E-state index in [9.17, 15) is 15.0 Å². The number of rotatable bonds is 5. The van der Waals surface area contributed by atoms with E-state index >= 15 is 0 Å². The van der Waals surface area contributed by atoms with Crippen LogP contribution in [0.5, 0.6) is 0 Å². The fraction of sp³-hybridized carbons (Fsp3) is 0.462. The molecular weight excluding hydrogens is 220 g/mol. The molecule has 0 saturated carbocycles. The number of hydrogen-bond acceptors (Lipinski definition) is 4. The van der Waals surface area contributed by atoms with Gasteiger partial charge in [0.05, 0.1) is 19.6 Å². The smallest absolute Gasteiger partial charge is 0.308 e. The highest BCUT2D eigenvalue weighted by Crippen LogP contribution is 2.20. The second kappa shape index (κ2) is 6.37. The molecule has 94 valence electrons. The van der Waals surface area contributed by atoms with E-state index in [0.717, 1.165) is 12.0 Å². The second-order valence-corrected chi connectivity index (χ2v) is 3.89. The lowest BCUT2D eigenvalue weighted by Crippen LogP contribution is -2.22. The van der Waals surface area contributed by atoms with E-state index in [1.807, 2.05) is 25.1 Å². The van der Waals surface area contributed by atoms with Gasteiger partial charge in [0.15, 0.2) is 0 Å². The minimum Gasteiger partial charge on any atom is -0.469 e. The van der Waals surface area contributed by atoms with Crippen LogP contribution in [0.15, 0.2) is 24.3 Å². The van der Waals surface area contributed by atoms with Crippen molar-refractivity contribution in [3.05, 3.63) is 35.4 Å². The molecule has 17 heavy (non-hydrogen) atoms. The molecule has 0 spiro atoms. The maximum atomic E-state index is 11.0. The van der Waals surface area contributed by atoms with Gasteiger partial charge in [-0.2, -0.15) is 0 Å². The standard InChI is InChI=1S/C13H18O4/c1-3-9-5-4-6-10(7-9)13(16)11(14)8-12(15)17-2/h4-7,11,13-14,16H,3,8H2,1-2H3. The lowest BCUT2D eigenvalue weighted by molar-refractivity contribution is -0.144. The molecule has 0 aliphatic heterocycles. The van der Waals surface area contributed by atoms with Crippen LogP contribution in [0.3, 0.4) is 0 Å². The van der Waals surface area contributed by atoms with Gasteiger partial charge in [-0.1, -0.05) is 31.2 Å². The SMILES string of the molecule is CCc1cccc(C(O)C(O)CC(=O)OC)c1. The molecule has 0 aliphatic carbocycles. The van der Waals surface area contributed by atoms with E-state index in [2.05, 4.69) is 4.74 Å². The summed E-state index contributed by atoms with van der Waals surface area (Å²) >= 11 is 0. The minimum absolute atomic E-state index is 0.214. The zero-order valence-corrected chi connectivity index (χ0v) is 10.1. The third-order valence-electron chi connectivity index (χ3n) is 2.67. The number of carbonyl (C=O) groups is 1. The van der Waals surface area contributed by atoms with Crippen LogP contribution in [-0.2, 0) is 16.0 Å². The van der Waals surface area contributed by atoms with Crippen LogP contribution >= 0.6 is 0 Å². The number of aliphatic hydroxyl groups excluding tert-OH is 2. The number of carbonyl (C=O) groups excluding carboxylic acids is 1. The van der Waals surface area contributed by atoms with Gasteiger partial charge in [0, 0.05) is 0 Å². The Labute approximate surface area is 101 Å². The quantitative estimate of drug-likeness (QED) is 0.757. The van der Waals surface area contributed by atoms with Crippen LogP contribution in [0, 0.1) is 0 Å². The summed E-state index contributed by atoms with van der Waals surface area (Å²) in [5.41, 5.74) is 1.69. The molecule has 1 rings (SSSR count). The van der Waals surface area contributed by atoms with Crippen molar-refractivity contribution < 1.29 is 19.7 Å². The van der Waals surface area contributed by atoms with Crippen molar-refractivity contribution in [2.75, 3.05) is 7.11 Å². The Balaban J connectivity index is 2.73. The monoisotopic (exact) mass is 238 g/mol. The maximum Gasteiger partial charge on any atom is 0.308 e. The zero-order valence-electron chi connectivity index (χ0n) is 10.1. The Hall–Kier alpha value is -1.39. The Morgan fingerprint density at radius 2 is 2.12 bits per heavy atom. The Morgan fingerprint density at radius 3 is 2.71 bits per heavy atom. The predicted octanol–water partition coefficient (Wildman–Crippen LogP) is 1.21. The number of benzene rings is 1. The molecule has 0 bridgehead atoms. The fourth-order valence-corrected chi connectivity index (χ4v) is 1.58. The molecule has 2 N–H and O–H groups in total. The topological polar surface area (TPSA) is 66.8 Å². The predicted molar refractivity (Wildman–Crippen MR) is 63.4 cm³/mol. The maximum absolute atomic E-state index is 11.0. The highest BCUT2D eigenvalue weighted by atomic mass is 16.5. The number of methoxy groups -OCH3 is 1. The van der Waals surface area contributed by atoms with Crippen LogP contribution in [-0.4, -0.2) is 29.4 Å². The third kappa shape index (κ3) is 3.84. The van der Waals surface area contributed by atoms with Crippen LogP contribution in [0.1, 0.15) is 30.6 Å². The Kier molecular flexibility index (Phi) is 5.12. The molecule has 0 amide bonds. The molecule has 2 atom stereocenters. The van der Waals surface area contributed by atoms with Gasteiger partial charge in [-0.25, -0.2) is 0 Å². The van der Waals surface area contributed by atoms with Crippen molar-refractivity contribution in [3.8, 4) is 0 Å². The zero-order chi connectivity index (χ0) is 12.8. The molecule has 2 unspecified atom stereocenters. The van der Waals surface area contributed by atoms with Gasteiger partial charge in [0.1, 0.15) is 6.10 Å². The fourth-order valence-electron chi connectivity index (χ4n) is 1.58. The summed E-state index contributed by atoms with van der Waals surface area (Å²) in [7, 11) is 1.25. The van der Waals surface area contributed by atoms with Crippen molar-refractivity contribution in [2.45, 2.75) is 32.0 Å². The Morgan fingerprint density at radius 1 is 1.41 bits per heavy atom. The molecule has 4 nitrogen and oxygen atoms in total. The number of ether oxygens (including phenoxy) is 1. The summed E-state index contributed by atoms with van der Waals surface area (Å²) in [5.74, 6) is -0.539. The number of esters is 1. The molecule has 0 fully saturated rings. The first-order chi connectivity index (χ1) is 8.08. The molecule has 1 aromatic rings. The van der Waals surface area contributed by atoms with Crippen molar-refractivity contribution in [1.29, 1.82) is 0 Å². The van der Waals surface area contributed by atoms with Gasteiger partial charge >= 0.3 is 5.97 Å². The van der Waals surface area contributed by atoms with Gasteiger partial charge < -0.3 is 14.9 Å². The second-order valence-electron chi connectivity index (χ2n) is 3.89. The minimum atomic E-state index is -1.14. The lowest BCUT2D eigenvalue weighted by Gasteiger charge is -2.17. The first kappa shape index (κ1) is 13.7. The van der Waals surface area contributed by atoms with Crippen LogP contribution < -0.4 is 0 Å². The summed E-state index contributed by atoms with van der Waals surface area (Å²) in [6.45, 7) is 2.01. The van der Waals surface area contributed by atoms with Crippen LogP contribution in [0.4, 0.5) is 0 Å². The molecule has 0 saturated heterocycles. The van der Waals surface area contributed by atoms with Gasteiger partial charge in [0.2, 0.25) is 0 Å². The van der Waals surface area contributed by atoms with Crippen molar-refractivity contribution >= 4 is 5.97 Å². The summed E-state index contributed by atoms with van der Waals surface area (Å²) < 4.78 is 4.44. The Bertz CT molecular complexity index is 375. The van der Waals surface area contributed by atoms with E-state index in [1.165, 1.54) is 7.11 Å². The molecule has 0 aliphatic rings. The molecular formula is C13H18O4. The summed E-state index contributed by atoms with van der Waals surface area (Å²) in [6.07, 6.45) is -1.57. The highest BCUT2D eigenvalue weighted by Gasteiger charge is 2.21. The average molecular weight is 238 g/mol. The van der Waals surface area contributed by atoms with Crippen LogP contribution in [0.2, 0.25) is 0 Å². The molecule has 0 radical (unpaired) electrons. The summed E-state index contributed by atoms with van der Waals surface area (Å²) in [5, 5.41) is 19.6. The number of aryl methyl sites for hydroxylation is 1. The largest absolute Gasteiger partial charge is 0.469 e. The summed E-state index contributed by atoms with van der Waals surface area (Å²) in [4.78, 5) is 11.0. The van der Waals surface area contributed by atoms with Crippen LogP contribution in [0.25, 0.3) is 0 Å². The van der Waals surface area contributed by atoms with Crippen molar-refractivity contribution in [1.82, 2.24) is 0 Å². The van der Waals surface area contributed by atoms with Gasteiger partial charge in [-0.15, -0.1) is 0 Å². The molecule has 1 aromatic carbocycles. The van der Waals surface area contributed by atoms with Gasteiger partial charge in [-0.05, 0) is 17.5 Å². The number of aliphatic hydroxyl groups is 2. The average Bonchev–Trinajstić information content (AvgIpc) is 2.37. The highest BCUT2D eigenvalue weighted by molar-refractivity contribution is 5.69. The normalized spacial score (nSPS) is 14.1.